The Kier molecular flexibility index (Phi) is 8.32. The van der Waals surface area contributed by atoms with Gasteiger partial charge >= 0.3 is 0 Å². The first-order valence-corrected chi connectivity index (χ1v) is 4.58. The van der Waals surface area contributed by atoms with Gasteiger partial charge in [-0.2, -0.15) is 0 Å². The fraction of sp³-hybridized carbons (Fsp3) is 0.750. The largest absolute Gasteiger partial charge is 0.137 e. The molecule has 0 saturated carbocycles. The molecular formula is C8H17P. The van der Waals surface area contributed by atoms with Crippen LogP contribution in [0.4, 0.5) is 0 Å². The molecule has 0 aliphatic rings. The smallest absolute Gasteiger partial charge is 0.0316 e. The van der Waals surface area contributed by atoms with Crippen molar-refractivity contribution in [2.75, 3.05) is 6.16 Å². The first-order valence-electron chi connectivity index (χ1n) is 3.77. The number of hydrogen-bond acceptors (Lipinski definition) is 0. The maximum absolute atomic E-state index is 2.73. The Morgan fingerprint density at radius 2 is 1.89 bits per heavy atom. The molecule has 0 aliphatic heterocycles. The minimum atomic E-state index is 1.20. The molecule has 0 saturated heterocycles. The zero-order valence-corrected chi connectivity index (χ0v) is 7.42. The molecule has 0 radical (unpaired) electrons. The van der Waals surface area contributed by atoms with Gasteiger partial charge in [-0.05, 0) is 19.0 Å². The van der Waals surface area contributed by atoms with Gasteiger partial charge in [-0.25, -0.2) is 0 Å². The molecule has 0 nitrogen and oxygen atoms in total. The Morgan fingerprint density at radius 3 is 2.44 bits per heavy atom. The van der Waals surface area contributed by atoms with E-state index in [1.807, 2.05) is 0 Å². The summed E-state index contributed by atoms with van der Waals surface area (Å²) in [6.07, 6.45) is 10.9. The van der Waals surface area contributed by atoms with E-state index in [4.69, 9.17) is 0 Å². The number of unbranched alkanes of at least 4 members (excludes halogenated alkanes) is 2. The average Bonchev–Trinajstić information content (AvgIpc) is 1.89. The number of hydrogen-bond donors (Lipinski definition) is 0. The normalized spacial score (nSPS) is 10.9. The first-order chi connectivity index (χ1) is 4.41. The minimum absolute atomic E-state index is 1.20. The molecule has 0 aliphatic carbocycles. The lowest BCUT2D eigenvalue weighted by Gasteiger charge is -1.87. The molecule has 0 amide bonds. The molecule has 54 valence electrons. The third-order valence-electron chi connectivity index (χ3n) is 1.22. The first kappa shape index (κ1) is 9.17. The van der Waals surface area contributed by atoms with Crippen molar-refractivity contribution < 1.29 is 0 Å². The van der Waals surface area contributed by atoms with Crippen LogP contribution in [0.25, 0.3) is 0 Å². The second-order valence-corrected chi connectivity index (χ2v) is 2.77. The van der Waals surface area contributed by atoms with Crippen LogP contribution in [0.3, 0.4) is 0 Å². The Balaban J connectivity index is 2.86. The van der Waals surface area contributed by atoms with E-state index in [0.717, 1.165) is 0 Å². The molecule has 1 unspecified atom stereocenters. The highest BCUT2D eigenvalue weighted by atomic mass is 31.0. The van der Waals surface area contributed by atoms with Gasteiger partial charge in [-0.3, -0.25) is 0 Å². The number of allylic oxidation sites excluding steroid dienone is 2. The van der Waals surface area contributed by atoms with Crippen molar-refractivity contribution in [1.82, 2.24) is 0 Å². The van der Waals surface area contributed by atoms with Crippen LogP contribution in [-0.2, 0) is 0 Å². The molecule has 0 rings (SSSR count). The standard InChI is InChI=1S/C8H17P/c1-2-3-4-5-6-7-8-9/h5-6H,2-4,7-9H2,1H3. The fourth-order valence-corrected chi connectivity index (χ4v) is 0.846. The third-order valence-corrected chi connectivity index (χ3v) is 1.56. The van der Waals surface area contributed by atoms with Gasteiger partial charge in [0.15, 0.2) is 0 Å². The third kappa shape index (κ3) is 8.17. The van der Waals surface area contributed by atoms with Gasteiger partial charge in [0.1, 0.15) is 0 Å². The lowest BCUT2D eigenvalue weighted by atomic mass is 10.2. The zero-order chi connectivity index (χ0) is 6.95. The maximum Gasteiger partial charge on any atom is -0.0316 e. The molecule has 1 atom stereocenters. The lowest BCUT2D eigenvalue weighted by molar-refractivity contribution is 0.813. The van der Waals surface area contributed by atoms with Gasteiger partial charge < -0.3 is 0 Å². The minimum Gasteiger partial charge on any atom is -0.137 e. The zero-order valence-electron chi connectivity index (χ0n) is 6.27. The van der Waals surface area contributed by atoms with Crippen molar-refractivity contribution in [3.8, 4) is 0 Å². The quantitative estimate of drug-likeness (QED) is 0.316. The van der Waals surface area contributed by atoms with Gasteiger partial charge in [0.25, 0.3) is 0 Å². The van der Waals surface area contributed by atoms with E-state index in [2.05, 4.69) is 28.3 Å². The summed E-state index contributed by atoms with van der Waals surface area (Å²) in [6, 6.07) is 0. The van der Waals surface area contributed by atoms with Gasteiger partial charge in [-0.15, -0.1) is 9.24 Å². The highest BCUT2D eigenvalue weighted by molar-refractivity contribution is 7.16. The predicted octanol–water partition coefficient (Wildman–Crippen LogP) is 3.00. The molecule has 0 N–H and O–H groups in total. The van der Waals surface area contributed by atoms with Crippen LogP contribution in [0.2, 0.25) is 0 Å². The van der Waals surface area contributed by atoms with Gasteiger partial charge in [0.2, 0.25) is 0 Å². The second kappa shape index (κ2) is 8.17. The van der Waals surface area contributed by atoms with E-state index >= 15 is 0 Å². The van der Waals surface area contributed by atoms with Crippen molar-refractivity contribution in [3.05, 3.63) is 12.2 Å². The molecular weight excluding hydrogens is 127 g/mol. The molecule has 0 spiro atoms. The predicted molar refractivity (Wildman–Crippen MR) is 47.9 cm³/mol. The summed E-state index contributed by atoms with van der Waals surface area (Å²) in [6.45, 7) is 2.23. The van der Waals surface area contributed by atoms with Crippen molar-refractivity contribution >= 4 is 9.24 Å². The molecule has 0 aromatic heterocycles. The van der Waals surface area contributed by atoms with Gasteiger partial charge in [0, 0.05) is 0 Å². The van der Waals surface area contributed by atoms with E-state index in [1.54, 1.807) is 0 Å². The van der Waals surface area contributed by atoms with Crippen LogP contribution in [0.5, 0.6) is 0 Å². The topological polar surface area (TPSA) is 0 Å². The summed E-state index contributed by atoms with van der Waals surface area (Å²) in [4.78, 5) is 0. The maximum atomic E-state index is 2.73. The molecule has 9 heavy (non-hydrogen) atoms. The Labute approximate surface area is 60.9 Å². The highest BCUT2D eigenvalue weighted by Crippen LogP contribution is 1.96. The SMILES string of the molecule is CCCCC=CCCP. The molecule has 1 heteroatoms. The lowest BCUT2D eigenvalue weighted by Crippen LogP contribution is -1.68. The van der Waals surface area contributed by atoms with Crippen molar-refractivity contribution in [2.24, 2.45) is 0 Å². The van der Waals surface area contributed by atoms with E-state index in [0.29, 0.717) is 0 Å². The van der Waals surface area contributed by atoms with Crippen LogP contribution >= 0.6 is 9.24 Å². The summed E-state index contributed by atoms with van der Waals surface area (Å²) in [5.41, 5.74) is 0. The summed E-state index contributed by atoms with van der Waals surface area (Å²) >= 11 is 0. The molecule has 0 aromatic carbocycles. The van der Waals surface area contributed by atoms with E-state index in [9.17, 15) is 0 Å². The molecule has 0 fully saturated rings. The summed E-state index contributed by atoms with van der Waals surface area (Å²) in [5, 5.41) is 0. The van der Waals surface area contributed by atoms with Crippen LogP contribution in [0, 0.1) is 0 Å². The van der Waals surface area contributed by atoms with Gasteiger partial charge in [0.05, 0.1) is 0 Å². The van der Waals surface area contributed by atoms with E-state index in [1.165, 1.54) is 31.8 Å². The Bertz CT molecular complexity index is 67.0. The number of rotatable bonds is 5. The summed E-state index contributed by atoms with van der Waals surface area (Å²) in [7, 11) is 2.73. The van der Waals surface area contributed by atoms with Crippen molar-refractivity contribution in [1.29, 1.82) is 0 Å². The fourth-order valence-electron chi connectivity index (χ4n) is 0.654. The Morgan fingerprint density at radius 1 is 1.22 bits per heavy atom. The summed E-state index contributed by atoms with van der Waals surface area (Å²) in [5.74, 6) is 0. The highest BCUT2D eigenvalue weighted by Gasteiger charge is 1.76. The van der Waals surface area contributed by atoms with Crippen molar-refractivity contribution in [3.63, 3.8) is 0 Å². The monoisotopic (exact) mass is 144 g/mol. The van der Waals surface area contributed by atoms with E-state index in [-0.39, 0.29) is 0 Å². The molecule has 0 bridgehead atoms. The Hall–Kier alpha value is 0.170. The van der Waals surface area contributed by atoms with Crippen LogP contribution in [0.1, 0.15) is 32.6 Å². The summed E-state index contributed by atoms with van der Waals surface area (Å²) < 4.78 is 0. The van der Waals surface area contributed by atoms with Gasteiger partial charge in [-0.1, -0.05) is 31.9 Å². The molecule has 0 heterocycles. The molecule has 0 aromatic rings. The average molecular weight is 144 g/mol. The second-order valence-electron chi connectivity index (χ2n) is 2.19. The van der Waals surface area contributed by atoms with Crippen LogP contribution in [0.15, 0.2) is 12.2 Å². The van der Waals surface area contributed by atoms with E-state index < -0.39 is 0 Å². The van der Waals surface area contributed by atoms with Crippen molar-refractivity contribution in [2.45, 2.75) is 32.6 Å². The van der Waals surface area contributed by atoms with Crippen LogP contribution in [-0.4, -0.2) is 6.16 Å². The van der Waals surface area contributed by atoms with Crippen LogP contribution < -0.4 is 0 Å².